The van der Waals surface area contributed by atoms with Crippen molar-refractivity contribution >= 4 is 23.8 Å². The number of thiazole rings is 1. The number of benzene rings is 1. The Labute approximate surface area is 220 Å². The van der Waals surface area contributed by atoms with Crippen LogP contribution < -0.4 is 10.6 Å². The number of oxime groups is 1. The van der Waals surface area contributed by atoms with Crippen LogP contribution in [0.3, 0.4) is 0 Å². The number of hydrogen-bond acceptors (Lipinski definition) is 8. The predicted octanol–water partition coefficient (Wildman–Crippen LogP) is 5.22. The SMILES string of the molecule is ON=Cc1cccc2c1CNC(c1csc(C3CCN(C=Cn4nc(C(F)F)cc4C(F)F)CC3)n1)NC2. The molecule has 0 amide bonds. The van der Waals surface area contributed by atoms with E-state index in [1.165, 1.54) is 12.4 Å². The highest BCUT2D eigenvalue weighted by atomic mass is 32.1. The van der Waals surface area contributed by atoms with Gasteiger partial charge in [0, 0.05) is 55.4 Å². The molecule has 13 heteroatoms. The Morgan fingerprint density at radius 3 is 2.61 bits per heavy atom. The first kappa shape index (κ1) is 26.3. The van der Waals surface area contributed by atoms with E-state index in [0.717, 1.165) is 51.0 Å². The fraction of sp³-hybridized carbons (Fsp3) is 0.400. The van der Waals surface area contributed by atoms with E-state index in [0.29, 0.717) is 26.2 Å². The highest BCUT2D eigenvalue weighted by Crippen LogP contribution is 2.32. The zero-order valence-corrected chi connectivity index (χ0v) is 21.1. The molecule has 38 heavy (non-hydrogen) atoms. The molecule has 1 aromatic carbocycles. The van der Waals surface area contributed by atoms with Crippen molar-refractivity contribution in [2.24, 2.45) is 5.16 Å². The van der Waals surface area contributed by atoms with Gasteiger partial charge in [0.25, 0.3) is 12.9 Å². The van der Waals surface area contributed by atoms with Crippen LogP contribution in [0, 0.1) is 0 Å². The molecule has 8 nitrogen and oxygen atoms in total. The van der Waals surface area contributed by atoms with Crippen molar-refractivity contribution < 1.29 is 22.8 Å². The minimum atomic E-state index is -2.90. The smallest absolute Gasteiger partial charge is 0.282 e. The number of fused-ring (bicyclic) bond motifs is 1. The Morgan fingerprint density at radius 2 is 1.87 bits per heavy atom. The summed E-state index contributed by atoms with van der Waals surface area (Å²) in [7, 11) is 0. The molecule has 0 saturated carbocycles. The number of hydrogen-bond donors (Lipinski definition) is 3. The molecule has 2 aliphatic heterocycles. The molecule has 1 atom stereocenters. The zero-order chi connectivity index (χ0) is 26.6. The van der Waals surface area contributed by atoms with Crippen molar-refractivity contribution in [3.63, 3.8) is 0 Å². The van der Waals surface area contributed by atoms with Crippen molar-refractivity contribution in [3.8, 4) is 0 Å². The van der Waals surface area contributed by atoms with E-state index < -0.39 is 24.2 Å². The van der Waals surface area contributed by atoms with E-state index in [4.69, 9.17) is 10.2 Å². The molecule has 1 fully saturated rings. The zero-order valence-electron chi connectivity index (χ0n) is 20.3. The van der Waals surface area contributed by atoms with Crippen LogP contribution in [0.25, 0.3) is 6.20 Å². The maximum atomic E-state index is 13.2. The number of rotatable bonds is 7. The minimum Gasteiger partial charge on any atom is -0.411 e. The lowest BCUT2D eigenvalue weighted by molar-refractivity contribution is 0.143. The molecule has 3 N–H and O–H groups in total. The number of nitrogens with zero attached hydrogens (tertiary/aromatic N) is 5. The summed E-state index contributed by atoms with van der Waals surface area (Å²) in [5.74, 6) is 0.278. The molecule has 0 aliphatic carbocycles. The van der Waals surface area contributed by atoms with Crippen LogP contribution >= 0.6 is 11.3 Å². The number of likely N-dealkylation sites (tertiary alicyclic amines) is 1. The van der Waals surface area contributed by atoms with Crippen LogP contribution in [0.2, 0.25) is 0 Å². The lowest BCUT2D eigenvalue weighted by Gasteiger charge is -2.30. The van der Waals surface area contributed by atoms with E-state index in [2.05, 4.69) is 26.3 Å². The average molecular weight is 550 g/mol. The van der Waals surface area contributed by atoms with Gasteiger partial charge in [-0.1, -0.05) is 23.4 Å². The van der Waals surface area contributed by atoms with E-state index >= 15 is 0 Å². The van der Waals surface area contributed by atoms with Crippen molar-refractivity contribution in [1.29, 1.82) is 0 Å². The third kappa shape index (κ3) is 5.74. The Bertz CT molecular complexity index is 1300. The Morgan fingerprint density at radius 1 is 1.08 bits per heavy atom. The van der Waals surface area contributed by atoms with Crippen molar-refractivity contribution in [3.05, 3.63) is 74.6 Å². The summed E-state index contributed by atoms with van der Waals surface area (Å²) in [6.07, 6.45) is 0.133. The largest absolute Gasteiger partial charge is 0.411 e. The standard InChI is InChI=1S/C25H27F4N7OS/c26-22(27)19-10-21(23(28)29)36(34-19)9-8-35-6-4-15(5-7-35)25-33-20(14-38-25)24-30-11-16-2-1-3-17(12-32-37)18(16)13-31-24/h1-3,8-10,12,14-15,22-24,30-31,37H,4-7,11,13H2. The topological polar surface area (TPSA) is 90.6 Å². The molecule has 4 heterocycles. The molecule has 2 aromatic heterocycles. The summed E-state index contributed by atoms with van der Waals surface area (Å²) in [6.45, 7) is 2.64. The number of piperidine rings is 1. The maximum Gasteiger partial charge on any atom is 0.282 e. The second-order valence-electron chi connectivity index (χ2n) is 9.18. The van der Waals surface area contributed by atoms with Gasteiger partial charge < -0.3 is 10.1 Å². The number of alkyl halides is 4. The van der Waals surface area contributed by atoms with Gasteiger partial charge in [-0.2, -0.15) is 5.10 Å². The first-order chi connectivity index (χ1) is 18.4. The van der Waals surface area contributed by atoms with Crippen LogP contribution in [0.5, 0.6) is 0 Å². The van der Waals surface area contributed by atoms with Gasteiger partial charge in [0.1, 0.15) is 17.6 Å². The normalized spacial score (nSPS) is 19.2. The number of aromatic nitrogens is 3. The highest BCUT2D eigenvalue weighted by molar-refractivity contribution is 7.09. The van der Waals surface area contributed by atoms with Gasteiger partial charge >= 0.3 is 0 Å². The van der Waals surface area contributed by atoms with Crippen molar-refractivity contribution in [2.75, 3.05) is 13.1 Å². The average Bonchev–Trinajstić information content (AvgIpc) is 3.52. The molecular weight excluding hydrogens is 522 g/mol. The summed E-state index contributed by atoms with van der Waals surface area (Å²) < 4.78 is 53.0. The molecule has 0 radical (unpaired) electrons. The van der Waals surface area contributed by atoms with Crippen LogP contribution in [-0.2, 0) is 13.1 Å². The van der Waals surface area contributed by atoms with Gasteiger partial charge in [-0.05, 0) is 30.0 Å². The molecule has 0 bridgehead atoms. The first-order valence-electron chi connectivity index (χ1n) is 12.2. The summed E-state index contributed by atoms with van der Waals surface area (Å²) in [4.78, 5) is 6.89. The second-order valence-corrected chi connectivity index (χ2v) is 10.1. The Kier molecular flexibility index (Phi) is 8.05. The molecule has 2 aliphatic rings. The molecule has 1 unspecified atom stereocenters. The molecule has 3 aromatic rings. The van der Waals surface area contributed by atoms with Gasteiger partial charge in [-0.3, -0.25) is 10.6 Å². The monoisotopic (exact) mass is 549 g/mol. The van der Waals surface area contributed by atoms with Crippen LogP contribution in [0.15, 0.2) is 41.0 Å². The summed E-state index contributed by atoms with van der Waals surface area (Å²) in [6, 6.07) is 6.64. The van der Waals surface area contributed by atoms with Gasteiger partial charge in [-0.15, -0.1) is 11.3 Å². The molecule has 202 valence electrons. The van der Waals surface area contributed by atoms with Gasteiger partial charge in [0.2, 0.25) is 0 Å². The minimum absolute atomic E-state index is 0.120. The molecule has 5 rings (SSSR count). The second kappa shape index (κ2) is 11.6. The third-order valence-electron chi connectivity index (χ3n) is 6.85. The summed E-state index contributed by atoms with van der Waals surface area (Å²) >= 11 is 1.62. The van der Waals surface area contributed by atoms with Gasteiger partial charge in [-0.25, -0.2) is 27.2 Å². The lowest BCUT2D eigenvalue weighted by atomic mass is 9.98. The fourth-order valence-corrected chi connectivity index (χ4v) is 5.82. The fourth-order valence-electron chi connectivity index (χ4n) is 4.81. The van der Waals surface area contributed by atoms with Crippen molar-refractivity contribution in [2.45, 2.75) is 50.9 Å². The Hall–Kier alpha value is -3.29. The van der Waals surface area contributed by atoms with Crippen molar-refractivity contribution in [1.82, 2.24) is 30.3 Å². The van der Waals surface area contributed by atoms with Crippen LogP contribution in [0.1, 0.15) is 76.6 Å². The third-order valence-corrected chi connectivity index (χ3v) is 7.87. The maximum absolute atomic E-state index is 13.2. The molecule has 0 spiro atoms. The molecule has 1 saturated heterocycles. The van der Waals surface area contributed by atoms with E-state index in [1.54, 1.807) is 17.5 Å². The predicted molar refractivity (Wildman–Crippen MR) is 135 cm³/mol. The lowest BCUT2D eigenvalue weighted by Crippen LogP contribution is -2.31. The summed E-state index contributed by atoms with van der Waals surface area (Å²) in [5.41, 5.74) is 2.79. The van der Waals surface area contributed by atoms with Crippen LogP contribution in [-0.4, -0.2) is 44.2 Å². The first-order valence-corrected chi connectivity index (χ1v) is 13.1. The van der Waals surface area contributed by atoms with E-state index in [9.17, 15) is 17.6 Å². The van der Waals surface area contributed by atoms with Gasteiger partial charge in [0.05, 0.1) is 16.9 Å². The Balaban J connectivity index is 1.18. The quantitative estimate of drug-likeness (QED) is 0.162. The van der Waals surface area contributed by atoms with Gasteiger partial charge in [0.15, 0.2) is 0 Å². The molecular formula is C25H27F4N7OS. The number of nitrogens with one attached hydrogen (secondary N) is 2. The van der Waals surface area contributed by atoms with E-state index in [1.807, 2.05) is 23.1 Å². The summed E-state index contributed by atoms with van der Waals surface area (Å²) in [5, 5.41) is 25.8. The highest BCUT2D eigenvalue weighted by Gasteiger charge is 2.25. The van der Waals surface area contributed by atoms with E-state index in [-0.39, 0.29) is 12.1 Å². The number of halogens is 4. The van der Waals surface area contributed by atoms with Crippen LogP contribution in [0.4, 0.5) is 17.6 Å².